The minimum atomic E-state index is -0.952. The number of rotatable bonds is 2. The maximum absolute atomic E-state index is 10.4. The van der Waals surface area contributed by atoms with Crippen molar-refractivity contribution in [3.05, 3.63) is 23.8 Å². The van der Waals surface area contributed by atoms with Crippen LogP contribution in [0.25, 0.3) is 0 Å². The second-order valence-corrected chi connectivity index (χ2v) is 2.52. The van der Waals surface area contributed by atoms with Gasteiger partial charge in [0.05, 0.1) is 0 Å². The van der Waals surface area contributed by atoms with E-state index in [1.807, 2.05) is 12.2 Å². The molecule has 0 spiro atoms. The Labute approximate surface area is 65.2 Å². The van der Waals surface area contributed by atoms with E-state index in [4.69, 9.17) is 10.8 Å². The van der Waals surface area contributed by atoms with E-state index < -0.39 is 12.0 Å². The van der Waals surface area contributed by atoms with Gasteiger partial charge in [0.2, 0.25) is 0 Å². The minimum Gasteiger partial charge on any atom is -0.480 e. The van der Waals surface area contributed by atoms with E-state index in [1.54, 1.807) is 6.08 Å². The van der Waals surface area contributed by atoms with Crippen molar-refractivity contribution in [1.29, 1.82) is 0 Å². The van der Waals surface area contributed by atoms with Gasteiger partial charge >= 0.3 is 5.97 Å². The molecule has 1 rings (SSSR count). The molecule has 0 aliphatic heterocycles. The minimum absolute atomic E-state index is 0.768. The van der Waals surface area contributed by atoms with Gasteiger partial charge in [-0.05, 0) is 18.4 Å². The van der Waals surface area contributed by atoms with Gasteiger partial charge in [-0.3, -0.25) is 4.79 Å². The fourth-order valence-corrected chi connectivity index (χ4v) is 1.04. The Hall–Kier alpha value is -1.09. The number of aliphatic carboxylic acids is 1. The third-order valence-corrected chi connectivity index (χ3v) is 1.71. The van der Waals surface area contributed by atoms with Gasteiger partial charge in [0.25, 0.3) is 0 Å². The van der Waals surface area contributed by atoms with E-state index >= 15 is 0 Å². The summed E-state index contributed by atoms with van der Waals surface area (Å²) < 4.78 is 0. The Morgan fingerprint density at radius 2 is 2.45 bits per heavy atom. The third-order valence-electron chi connectivity index (χ3n) is 1.71. The van der Waals surface area contributed by atoms with E-state index in [-0.39, 0.29) is 0 Å². The highest BCUT2D eigenvalue weighted by Crippen LogP contribution is 2.14. The smallest absolute Gasteiger partial charge is 0.324 e. The van der Waals surface area contributed by atoms with Gasteiger partial charge in [-0.25, -0.2) is 0 Å². The summed E-state index contributed by atoms with van der Waals surface area (Å²) in [5.74, 6) is -0.952. The van der Waals surface area contributed by atoms with Gasteiger partial charge in [-0.2, -0.15) is 0 Å². The summed E-state index contributed by atoms with van der Waals surface area (Å²) in [5, 5.41) is 8.54. The summed E-state index contributed by atoms with van der Waals surface area (Å²) in [4.78, 5) is 10.4. The van der Waals surface area contributed by atoms with Crippen LogP contribution in [0, 0.1) is 0 Å². The largest absolute Gasteiger partial charge is 0.480 e. The predicted molar refractivity (Wildman–Crippen MR) is 42.1 cm³/mol. The number of nitrogens with two attached hydrogens (primary N) is 1. The van der Waals surface area contributed by atoms with E-state index in [2.05, 4.69) is 0 Å². The molecule has 0 saturated carbocycles. The molecule has 1 aliphatic carbocycles. The summed E-state index contributed by atoms with van der Waals surface area (Å²) >= 11 is 0. The molecule has 0 radical (unpaired) electrons. The second kappa shape index (κ2) is 3.34. The Bertz CT molecular complexity index is 218. The molecule has 3 nitrogen and oxygen atoms in total. The van der Waals surface area contributed by atoms with E-state index in [1.165, 1.54) is 0 Å². The molecule has 0 aromatic rings. The molecule has 0 bridgehead atoms. The van der Waals surface area contributed by atoms with Crippen LogP contribution in [0.15, 0.2) is 23.8 Å². The van der Waals surface area contributed by atoms with Crippen LogP contribution in [-0.4, -0.2) is 17.1 Å². The second-order valence-electron chi connectivity index (χ2n) is 2.52. The first-order valence-corrected chi connectivity index (χ1v) is 3.56. The lowest BCUT2D eigenvalue weighted by molar-refractivity contribution is -0.137. The van der Waals surface area contributed by atoms with Gasteiger partial charge in [0.1, 0.15) is 6.04 Å². The van der Waals surface area contributed by atoms with Gasteiger partial charge < -0.3 is 10.8 Å². The maximum atomic E-state index is 10.4. The first-order valence-electron chi connectivity index (χ1n) is 3.56. The summed E-state index contributed by atoms with van der Waals surface area (Å²) in [6.07, 6.45) is 7.29. The molecule has 0 unspecified atom stereocenters. The molecule has 0 aromatic heterocycles. The highest BCUT2D eigenvalue weighted by Gasteiger charge is 2.16. The summed E-state index contributed by atoms with van der Waals surface area (Å²) in [5.41, 5.74) is 6.20. The van der Waals surface area contributed by atoms with Crippen LogP contribution < -0.4 is 5.73 Å². The first-order chi connectivity index (χ1) is 5.22. The van der Waals surface area contributed by atoms with Crippen molar-refractivity contribution in [2.24, 2.45) is 5.73 Å². The summed E-state index contributed by atoms with van der Waals surface area (Å²) in [7, 11) is 0. The van der Waals surface area contributed by atoms with Crippen LogP contribution in [0.4, 0.5) is 0 Å². The number of carboxylic acids is 1. The lowest BCUT2D eigenvalue weighted by atomic mass is 9.99. The highest BCUT2D eigenvalue weighted by molar-refractivity contribution is 5.77. The number of allylic oxidation sites excluding steroid dienone is 3. The molecule has 0 aromatic carbocycles. The number of hydrogen-bond donors (Lipinski definition) is 2. The van der Waals surface area contributed by atoms with Gasteiger partial charge in [0, 0.05) is 0 Å². The van der Waals surface area contributed by atoms with Crippen LogP contribution in [0.2, 0.25) is 0 Å². The quantitative estimate of drug-likeness (QED) is 0.613. The van der Waals surface area contributed by atoms with Crippen molar-refractivity contribution < 1.29 is 9.90 Å². The van der Waals surface area contributed by atoms with Crippen LogP contribution in [0.3, 0.4) is 0 Å². The van der Waals surface area contributed by atoms with E-state index in [0.29, 0.717) is 0 Å². The SMILES string of the molecule is N[C@@H](C(=O)O)C1=CC=CCC1. The lowest BCUT2D eigenvalue weighted by Crippen LogP contribution is -2.32. The van der Waals surface area contributed by atoms with Crippen LogP contribution in [0.1, 0.15) is 12.8 Å². The maximum Gasteiger partial charge on any atom is 0.324 e. The monoisotopic (exact) mass is 153 g/mol. The van der Waals surface area contributed by atoms with E-state index in [0.717, 1.165) is 18.4 Å². The Morgan fingerprint density at radius 1 is 1.73 bits per heavy atom. The molecule has 11 heavy (non-hydrogen) atoms. The zero-order chi connectivity index (χ0) is 8.27. The van der Waals surface area contributed by atoms with Gasteiger partial charge in [-0.15, -0.1) is 0 Å². The molecule has 0 heterocycles. The van der Waals surface area contributed by atoms with Crippen LogP contribution >= 0.6 is 0 Å². The molecule has 60 valence electrons. The molecule has 1 aliphatic rings. The van der Waals surface area contributed by atoms with Gasteiger partial charge in [0.15, 0.2) is 0 Å². The third kappa shape index (κ3) is 1.91. The van der Waals surface area contributed by atoms with Crippen LogP contribution in [0.5, 0.6) is 0 Å². The van der Waals surface area contributed by atoms with Crippen molar-refractivity contribution in [2.45, 2.75) is 18.9 Å². The van der Waals surface area contributed by atoms with E-state index in [9.17, 15) is 4.79 Å². The van der Waals surface area contributed by atoms with Crippen molar-refractivity contribution >= 4 is 5.97 Å². The zero-order valence-electron chi connectivity index (χ0n) is 6.16. The Kier molecular flexibility index (Phi) is 2.44. The van der Waals surface area contributed by atoms with Crippen molar-refractivity contribution in [3.63, 3.8) is 0 Å². The number of hydrogen-bond acceptors (Lipinski definition) is 2. The molecule has 0 saturated heterocycles. The number of carbonyl (C=O) groups is 1. The zero-order valence-corrected chi connectivity index (χ0v) is 6.16. The fraction of sp³-hybridized carbons (Fsp3) is 0.375. The lowest BCUT2D eigenvalue weighted by Gasteiger charge is -2.12. The average Bonchev–Trinajstić information content (AvgIpc) is 2.05. The molecule has 3 N–H and O–H groups in total. The Balaban J connectivity index is 2.66. The summed E-state index contributed by atoms with van der Waals surface area (Å²) in [6.45, 7) is 0. The molecule has 0 fully saturated rings. The molecule has 3 heteroatoms. The fourth-order valence-electron chi connectivity index (χ4n) is 1.04. The number of carboxylic acid groups (broad SMARTS) is 1. The van der Waals surface area contributed by atoms with Crippen molar-refractivity contribution in [2.75, 3.05) is 0 Å². The predicted octanol–water partition coefficient (Wildman–Crippen LogP) is 0.675. The Morgan fingerprint density at radius 3 is 2.91 bits per heavy atom. The summed E-state index contributed by atoms with van der Waals surface area (Å²) in [6, 6.07) is -0.819. The first kappa shape index (κ1) is 8.01. The normalized spacial score (nSPS) is 19.2. The highest BCUT2D eigenvalue weighted by atomic mass is 16.4. The van der Waals surface area contributed by atoms with Crippen LogP contribution in [-0.2, 0) is 4.79 Å². The average molecular weight is 153 g/mol. The molecule has 0 amide bonds. The van der Waals surface area contributed by atoms with Crippen molar-refractivity contribution in [3.8, 4) is 0 Å². The molecule has 1 atom stereocenters. The molecular formula is C8H11NO2. The van der Waals surface area contributed by atoms with Gasteiger partial charge in [-0.1, -0.05) is 18.2 Å². The standard InChI is InChI=1S/C8H11NO2/c9-7(8(10)11)6-4-2-1-3-5-6/h1-2,4,7H,3,5,9H2,(H,10,11)/t7-/m1/s1. The topological polar surface area (TPSA) is 63.3 Å². The molecular weight excluding hydrogens is 142 g/mol. The van der Waals surface area contributed by atoms with Crippen molar-refractivity contribution in [1.82, 2.24) is 0 Å².